The van der Waals surface area contributed by atoms with Gasteiger partial charge in [-0.15, -0.1) is 0 Å². The molecule has 2 N–H and O–H groups in total. The third-order valence-corrected chi connectivity index (χ3v) is 7.27. The number of rotatable bonds is 3. The van der Waals surface area contributed by atoms with Crippen molar-refractivity contribution in [3.05, 3.63) is 82.2 Å². The molecule has 1 atom stereocenters. The normalized spacial score (nSPS) is 17.5. The number of carbonyl (C=O) groups is 2. The zero-order chi connectivity index (χ0) is 25.9. The van der Waals surface area contributed by atoms with Gasteiger partial charge in [-0.3, -0.25) is 9.69 Å². The van der Waals surface area contributed by atoms with Gasteiger partial charge in [0.05, 0.1) is 18.0 Å². The molecule has 1 unspecified atom stereocenters. The highest BCUT2D eigenvalue weighted by Gasteiger charge is 2.29. The molecule has 1 saturated heterocycles. The first-order chi connectivity index (χ1) is 17.9. The predicted octanol–water partition coefficient (Wildman–Crippen LogP) is 3.27. The molecular weight excluding hydrogens is 464 g/mol. The molecule has 0 bridgehead atoms. The topological polar surface area (TPSA) is 82.5 Å². The molecule has 37 heavy (non-hydrogen) atoms. The second-order valence-corrected chi connectivity index (χ2v) is 9.77. The van der Waals surface area contributed by atoms with Crippen LogP contribution in [-0.2, 0) is 6.42 Å². The van der Waals surface area contributed by atoms with Gasteiger partial charge in [-0.1, -0.05) is 24.0 Å². The Bertz CT molecular complexity index is 1390. The summed E-state index contributed by atoms with van der Waals surface area (Å²) < 4.78 is 1.20. The molecule has 1 aliphatic carbocycles. The quantitative estimate of drug-likeness (QED) is 0.544. The van der Waals surface area contributed by atoms with E-state index in [1.54, 1.807) is 19.3 Å². The third kappa shape index (κ3) is 5.43. The maximum atomic E-state index is 13.1. The summed E-state index contributed by atoms with van der Waals surface area (Å²) in [7, 11) is 3.73. The molecule has 8 nitrogen and oxygen atoms in total. The standard InChI is InChI=1S/C29H32N6O2/c1-20-4-6-24(16-22(20)7-5-21-18-31-35(19-21)29(37)30-2)28(36)32-25-9-10-26-23(17-25)8-11-27(26)34-14-12-33(3)13-15-34/h4,6,9-10,16-19,27H,8,11-15H2,1-3H3,(H,30,37)(H,32,36). The maximum Gasteiger partial charge on any atom is 0.341 e. The number of likely N-dealkylation sites (N-methyl/N-ethyl adjacent to an activating group) is 1. The molecular formula is C29H32N6O2. The fourth-order valence-corrected chi connectivity index (χ4v) is 5.04. The van der Waals surface area contributed by atoms with Gasteiger partial charge in [0.25, 0.3) is 5.91 Å². The Labute approximate surface area is 217 Å². The second kappa shape index (κ2) is 10.6. The van der Waals surface area contributed by atoms with Crippen molar-refractivity contribution in [3.63, 3.8) is 0 Å². The molecule has 3 aromatic rings. The van der Waals surface area contributed by atoms with Gasteiger partial charge < -0.3 is 15.5 Å². The van der Waals surface area contributed by atoms with Gasteiger partial charge in [-0.05, 0) is 67.8 Å². The Balaban J connectivity index is 1.28. The van der Waals surface area contributed by atoms with Crippen LogP contribution in [0.2, 0.25) is 0 Å². The van der Waals surface area contributed by atoms with Crippen molar-refractivity contribution in [2.75, 3.05) is 45.6 Å². The number of hydrogen-bond donors (Lipinski definition) is 2. The zero-order valence-electron chi connectivity index (χ0n) is 21.5. The van der Waals surface area contributed by atoms with Crippen LogP contribution >= 0.6 is 0 Å². The molecule has 0 spiro atoms. The Morgan fingerprint density at radius 3 is 2.65 bits per heavy atom. The monoisotopic (exact) mass is 496 g/mol. The number of carbonyl (C=O) groups excluding carboxylic acids is 2. The van der Waals surface area contributed by atoms with E-state index >= 15 is 0 Å². The van der Waals surface area contributed by atoms with Crippen LogP contribution in [0.15, 0.2) is 48.8 Å². The first-order valence-electron chi connectivity index (χ1n) is 12.7. The number of nitrogens with zero attached hydrogens (tertiary/aromatic N) is 4. The predicted molar refractivity (Wildman–Crippen MR) is 144 cm³/mol. The second-order valence-electron chi connectivity index (χ2n) is 9.77. The number of hydrogen-bond acceptors (Lipinski definition) is 5. The van der Waals surface area contributed by atoms with Crippen LogP contribution in [0.1, 0.15) is 50.6 Å². The lowest BCUT2D eigenvalue weighted by molar-refractivity contribution is 0.102. The Morgan fingerprint density at radius 2 is 1.86 bits per heavy atom. The maximum absolute atomic E-state index is 13.1. The van der Waals surface area contributed by atoms with E-state index in [0.29, 0.717) is 17.2 Å². The van der Waals surface area contributed by atoms with Gasteiger partial charge in [-0.25, -0.2) is 4.79 Å². The molecule has 0 saturated carbocycles. The zero-order valence-corrected chi connectivity index (χ0v) is 21.5. The van der Waals surface area contributed by atoms with Crippen molar-refractivity contribution in [1.82, 2.24) is 24.9 Å². The van der Waals surface area contributed by atoms with E-state index in [2.05, 4.69) is 56.6 Å². The minimum atomic E-state index is -0.329. The highest BCUT2D eigenvalue weighted by atomic mass is 16.2. The van der Waals surface area contributed by atoms with E-state index in [4.69, 9.17) is 0 Å². The molecule has 2 aliphatic rings. The van der Waals surface area contributed by atoms with E-state index in [-0.39, 0.29) is 11.9 Å². The van der Waals surface area contributed by atoms with Crippen LogP contribution in [0.25, 0.3) is 0 Å². The number of amides is 2. The SMILES string of the molecule is CNC(=O)n1cc(C#Cc2cc(C(=O)Nc3ccc4c(c3)CCC4N3CCN(C)CC3)ccc2C)cn1. The van der Waals surface area contributed by atoms with Crippen molar-refractivity contribution >= 4 is 17.6 Å². The Hall–Kier alpha value is -3.93. The summed E-state index contributed by atoms with van der Waals surface area (Å²) in [5.41, 5.74) is 6.43. The highest BCUT2D eigenvalue weighted by molar-refractivity contribution is 6.04. The van der Waals surface area contributed by atoms with Crippen LogP contribution in [0.4, 0.5) is 10.5 Å². The molecule has 1 fully saturated rings. The molecule has 5 rings (SSSR count). The van der Waals surface area contributed by atoms with E-state index in [1.807, 2.05) is 25.1 Å². The molecule has 2 aromatic carbocycles. The Morgan fingerprint density at radius 1 is 1.05 bits per heavy atom. The molecule has 8 heteroatoms. The van der Waals surface area contributed by atoms with Crippen LogP contribution < -0.4 is 10.6 Å². The van der Waals surface area contributed by atoms with Crippen LogP contribution in [0.5, 0.6) is 0 Å². The lowest BCUT2D eigenvalue weighted by Gasteiger charge is -2.36. The average Bonchev–Trinajstić information content (AvgIpc) is 3.55. The lowest BCUT2D eigenvalue weighted by Crippen LogP contribution is -2.45. The van der Waals surface area contributed by atoms with Crippen molar-refractivity contribution < 1.29 is 9.59 Å². The van der Waals surface area contributed by atoms with Gasteiger partial charge in [0.2, 0.25) is 0 Å². The van der Waals surface area contributed by atoms with Gasteiger partial charge in [-0.2, -0.15) is 9.78 Å². The molecule has 2 heterocycles. The van der Waals surface area contributed by atoms with Gasteiger partial charge >= 0.3 is 6.03 Å². The largest absolute Gasteiger partial charge is 0.341 e. The number of anilines is 1. The number of aryl methyl sites for hydroxylation is 2. The van der Waals surface area contributed by atoms with Crippen molar-refractivity contribution in [2.24, 2.45) is 0 Å². The average molecular weight is 497 g/mol. The summed E-state index contributed by atoms with van der Waals surface area (Å²) in [5.74, 6) is 5.97. The first-order valence-corrected chi connectivity index (χ1v) is 12.7. The fraction of sp³-hybridized carbons (Fsp3) is 0.345. The van der Waals surface area contributed by atoms with Gasteiger partial charge in [0.15, 0.2) is 0 Å². The summed E-state index contributed by atoms with van der Waals surface area (Å²) in [6.07, 6.45) is 5.28. The molecule has 1 aromatic heterocycles. The van der Waals surface area contributed by atoms with Crippen LogP contribution in [0.3, 0.4) is 0 Å². The number of benzene rings is 2. The highest BCUT2D eigenvalue weighted by Crippen LogP contribution is 2.37. The number of piperazine rings is 1. The van der Waals surface area contributed by atoms with Crippen molar-refractivity contribution in [2.45, 2.75) is 25.8 Å². The smallest absolute Gasteiger partial charge is 0.339 e. The number of fused-ring (bicyclic) bond motifs is 1. The first kappa shape index (κ1) is 24.8. The summed E-state index contributed by atoms with van der Waals surface area (Å²) >= 11 is 0. The summed E-state index contributed by atoms with van der Waals surface area (Å²) in [5, 5.41) is 9.59. The minimum absolute atomic E-state index is 0.163. The fourth-order valence-electron chi connectivity index (χ4n) is 5.04. The molecule has 190 valence electrons. The van der Waals surface area contributed by atoms with E-state index in [9.17, 15) is 9.59 Å². The Kier molecular flexibility index (Phi) is 7.08. The molecule has 1 aliphatic heterocycles. The van der Waals surface area contributed by atoms with Crippen LogP contribution in [0, 0.1) is 18.8 Å². The number of nitrogens with one attached hydrogen (secondary N) is 2. The van der Waals surface area contributed by atoms with E-state index in [0.717, 1.165) is 55.8 Å². The summed E-state index contributed by atoms with van der Waals surface area (Å²) in [4.78, 5) is 29.7. The third-order valence-electron chi connectivity index (χ3n) is 7.27. The van der Waals surface area contributed by atoms with Gasteiger partial charge in [0, 0.05) is 56.1 Å². The van der Waals surface area contributed by atoms with E-state index in [1.165, 1.54) is 22.0 Å². The summed E-state index contributed by atoms with van der Waals surface area (Å²) in [6, 6.07) is 12.0. The lowest BCUT2D eigenvalue weighted by atomic mass is 10.0. The molecule has 2 amide bonds. The van der Waals surface area contributed by atoms with Crippen molar-refractivity contribution in [1.29, 1.82) is 0 Å². The van der Waals surface area contributed by atoms with E-state index < -0.39 is 0 Å². The van der Waals surface area contributed by atoms with Crippen LogP contribution in [-0.4, -0.2) is 71.8 Å². The minimum Gasteiger partial charge on any atom is -0.339 e. The summed E-state index contributed by atoms with van der Waals surface area (Å²) in [6.45, 7) is 6.39. The van der Waals surface area contributed by atoms with Gasteiger partial charge in [0.1, 0.15) is 0 Å². The number of aromatic nitrogens is 2. The molecule has 0 radical (unpaired) electrons. The van der Waals surface area contributed by atoms with Crippen molar-refractivity contribution in [3.8, 4) is 11.8 Å².